The Bertz CT molecular complexity index is 766. The molecule has 0 saturated carbocycles. The Morgan fingerprint density at radius 2 is 1.71 bits per heavy atom. The minimum atomic E-state index is -4.43. The summed E-state index contributed by atoms with van der Waals surface area (Å²) < 4.78 is 39.9. The van der Waals surface area contributed by atoms with E-state index in [4.69, 9.17) is 5.73 Å². The zero-order valence-electron chi connectivity index (χ0n) is 10.6. The number of hydrogen-bond acceptors (Lipinski definition) is 2. The first-order valence-corrected chi connectivity index (χ1v) is 5.86. The summed E-state index contributed by atoms with van der Waals surface area (Å²) in [6, 6.07) is 11.1. The lowest BCUT2D eigenvalue weighted by Gasteiger charge is -2.10. The fourth-order valence-electron chi connectivity index (χ4n) is 2.13. The average molecular weight is 314 g/mol. The third-order valence-corrected chi connectivity index (χ3v) is 3.03. The van der Waals surface area contributed by atoms with Gasteiger partial charge in [0.05, 0.1) is 22.3 Å². The first kappa shape index (κ1) is 15.2. The largest absolute Gasteiger partial charge is 0.416 e. The van der Waals surface area contributed by atoms with Crippen molar-refractivity contribution in [3.05, 3.63) is 54.4 Å². The highest BCUT2D eigenvalue weighted by Gasteiger charge is 2.31. The molecule has 0 spiro atoms. The van der Waals surface area contributed by atoms with Crippen molar-refractivity contribution in [3.63, 3.8) is 0 Å². The van der Waals surface area contributed by atoms with Gasteiger partial charge < -0.3 is 5.73 Å². The molecule has 0 bridgehead atoms. The van der Waals surface area contributed by atoms with E-state index in [9.17, 15) is 13.2 Å². The summed E-state index contributed by atoms with van der Waals surface area (Å²) in [6.07, 6.45) is -2.96. The normalized spacial score (nSPS) is 11.4. The van der Waals surface area contributed by atoms with Crippen LogP contribution in [-0.4, -0.2) is 9.55 Å². The van der Waals surface area contributed by atoms with E-state index < -0.39 is 11.7 Å². The van der Waals surface area contributed by atoms with Gasteiger partial charge in [-0.25, -0.2) is 4.98 Å². The molecule has 3 nitrogen and oxygen atoms in total. The van der Waals surface area contributed by atoms with Crippen molar-refractivity contribution in [3.8, 4) is 5.69 Å². The Morgan fingerprint density at radius 3 is 2.33 bits per heavy atom. The van der Waals surface area contributed by atoms with Crippen molar-refractivity contribution in [2.24, 2.45) is 0 Å². The van der Waals surface area contributed by atoms with Crippen molar-refractivity contribution >= 4 is 29.1 Å². The molecule has 3 aromatic rings. The highest BCUT2D eigenvalue weighted by molar-refractivity contribution is 5.89. The van der Waals surface area contributed by atoms with Gasteiger partial charge in [-0.1, -0.05) is 18.2 Å². The summed E-state index contributed by atoms with van der Waals surface area (Å²) in [7, 11) is 0. The van der Waals surface area contributed by atoms with Gasteiger partial charge in [-0.3, -0.25) is 4.57 Å². The zero-order chi connectivity index (χ0) is 14.3. The van der Waals surface area contributed by atoms with Gasteiger partial charge in [0.1, 0.15) is 6.33 Å². The summed E-state index contributed by atoms with van der Waals surface area (Å²) in [5, 5.41) is 0. The van der Waals surface area contributed by atoms with Gasteiger partial charge in [-0.05, 0) is 24.3 Å². The number of hydrogen-bond donors (Lipinski definition) is 1. The van der Waals surface area contributed by atoms with Crippen molar-refractivity contribution in [1.29, 1.82) is 0 Å². The SMILES string of the molecule is Cl.Nc1cc(C(F)(F)F)cc2ncn(-c3ccccc3)c12. The number of rotatable bonds is 1. The second kappa shape index (κ2) is 5.29. The molecule has 7 heteroatoms. The lowest BCUT2D eigenvalue weighted by Crippen LogP contribution is -2.06. The molecule has 3 rings (SSSR count). The topological polar surface area (TPSA) is 43.8 Å². The lowest BCUT2D eigenvalue weighted by molar-refractivity contribution is -0.137. The number of anilines is 1. The lowest BCUT2D eigenvalue weighted by atomic mass is 10.1. The number of fused-ring (bicyclic) bond motifs is 1. The number of halogens is 4. The standard InChI is InChI=1S/C14H10F3N3.ClH/c15-14(16,17)9-6-11(18)13-12(7-9)19-8-20(13)10-4-2-1-3-5-10;/h1-8H,18H2;1H. The Kier molecular flexibility index (Phi) is 3.82. The number of alkyl halides is 3. The number of benzene rings is 2. The molecule has 0 amide bonds. The van der Waals surface area contributed by atoms with E-state index in [1.54, 1.807) is 4.57 Å². The summed E-state index contributed by atoms with van der Waals surface area (Å²) in [5.74, 6) is 0. The molecule has 2 N–H and O–H groups in total. The van der Waals surface area contributed by atoms with Crippen LogP contribution in [0.3, 0.4) is 0 Å². The second-order valence-corrected chi connectivity index (χ2v) is 4.38. The van der Waals surface area contributed by atoms with Crippen molar-refractivity contribution in [2.75, 3.05) is 5.73 Å². The van der Waals surface area contributed by atoms with Gasteiger partial charge >= 0.3 is 6.18 Å². The van der Waals surface area contributed by atoms with Crippen molar-refractivity contribution in [2.45, 2.75) is 6.18 Å². The predicted molar refractivity (Wildman–Crippen MR) is 77.7 cm³/mol. The molecule has 1 heterocycles. The summed E-state index contributed by atoms with van der Waals surface area (Å²) in [6.45, 7) is 0. The average Bonchev–Trinajstić information content (AvgIpc) is 2.83. The first-order valence-electron chi connectivity index (χ1n) is 5.86. The van der Waals surface area contributed by atoms with E-state index in [1.807, 2.05) is 30.3 Å². The molecule has 0 aliphatic heterocycles. The molecule has 110 valence electrons. The predicted octanol–water partition coefficient (Wildman–Crippen LogP) is 4.05. The Morgan fingerprint density at radius 1 is 1.05 bits per heavy atom. The Hall–Kier alpha value is -2.21. The van der Waals surface area contributed by atoms with Crippen LogP contribution < -0.4 is 5.73 Å². The molecule has 0 aliphatic rings. The fraction of sp³-hybridized carbons (Fsp3) is 0.0714. The highest BCUT2D eigenvalue weighted by atomic mass is 35.5. The Labute approximate surface area is 124 Å². The van der Waals surface area contributed by atoms with Gasteiger partial charge in [0.15, 0.2) is 0 Å². The van der Waals surface area contributed by atoms with Crippen LogP contribution in [0, 0.1) is 0 Å². The zero-order valence-corrected chi connectivity index (χ0v) is 11.4. The maximum Gasteiger partial charge on any atom is 0.416 e. The molecule has 2 aromatic carbocycles. The first-order chi connectivity index (χ1) is 9.47. The number of aromatic nitrogens is 2. The van der Waals surface area contributed by atoms with Gasteiger partial charge in [0, 0.05) is 5.69 Å². The molecule has 0 unspecified atom stereocenters. The van der Waals surface area contributed by atoms with Gasteiger partial charge in [-0.15, -0.1) is 12.4 Å². The van der Waals surface area contributed by atoms with E-state index in [2.05, 4.69) is 4.98 Å². The van der Waals surface area contributed by atoms with Gasteiger partial charge in [0.2, 0.25) is 0 Å². The third kappa shape index (κ3) is 2.67. The third-order valence-electron chi connectivity index (χ3n) is 3.03. The number of para-hydroxylation sites is 1. The highest BCUT2D eigenvalue weighted by Crippen LogP contribution is 2.34. The van der Waals surface area contributed by atoms with Crippen LogP contribution in [-0.2, 0) is 6.18 Å². The van der Waals surface area contributed by atoms with E-state index in [-0.39, 0.29) is 23.6 Å². The van der Waals surface area contributed by atoms with E-state index in [0.717, 1.165) is 17.8 Å². The molecule has 1 aromatic heterocycles. The molecule has 0 atom stereocenters. The van der Waals surface area contributed by atoms with Crippen molar-refractivity contribution in [1.82, 2.24) is 9.55 Å². The number of nitrogens with zero attached hydrogens (tertiary/aromatic N) is 2. The summed E-state index contributed by atoms with van der Waals surface area (Å²) in [5.41, 5.74) is 6.53. The van der Waals surface area contributed by atoms with Gasteiger partial charge in [0.25, 0.3) is 0 Å². The van der Waals surface area contributed by atoms with Crippen LogP contribution in [0.25, 0.3) is 16.7 Å². The van der Waals surface area contributed by atoms with Crippen LogP contribution in [0.1, 0.15) is 5.56 Å². The smallest absolute Gasteiger partial charge is 0.397 e. The number of nitrogens with two attached hydrogens (primary N) is 1. The van der Waals surface area contributed by atoms with E-state index in [0.29, 0.717) is 5.52 Å². The molecule has 0 aliphatic carbocycles. The molecule has 21 heavy (non-hydrogen) atoms. The second-order valence-electron chi connectivity index (χ2n) is 4.38. The quantitative estimate of drug-likeness (QED) is 0.689. The number of nitrogen functional groups attached to an aromatic ring is 1. The van der Waals surface area contributed by atoms with Crippen LogP contribution >= 0.6 is 12.4 Å². The maximum atomic E-state index is 12.7. The van der Waals surface area contributed by atoms with E-state index in [1.165, 1.54) is 6.33 Å². The molecule has 0 radical (unpaired) electrons. The summed E-state index contributed by atoms with van der Waals surface area (Å²) >= 11 is 0. The molecule has 0 saturated heterocycles. The number of imidazole rings is 1. The molecular formula is C14H11ClF3N3. The van der Waals surface area contributed by atoms with Crippen molar-refractivity contribution < 1.29 is 13.2 Å². The van der Waals surface area contributed by atoms with Crippen LogP contribution in [0.4, 0.5) is 18.9 Å². The molecule has 0 fully saturated rings. The maximum absolute atomic E-state index is 12.7. The van der Waals surface area contributed by atoms with Gasteiger partial charge in [-0.2, -0.15) is 13.2 Å². The fourth-order valence-corrected chi connectivity index (χ4v) is 2.13. The molecular weight excluding hydrogens is 303 g/mol. The summed E-state index contributed by atoms with van der Waals surface area (Å²) in [4.78, 5) is 4.01. The Balaban J connectivity index is 0.00000161. The van der Waals surface area contributed by atoms with E-state index >= 15 is 0 Å². The van der Waals surface area contributed by atoms with Crippen LogP contribution in [0.5, 0.6) is 0 Å². The van der Waals surface area contributed by atoms with Crippen LogP contribution in [0.15, 0.2) is 48.8 Å². The van der Waals surface area contributed by atoms with Crippen LogP contribution in [0.2, 0.25) is 0 Å². The minimum absolute atomic E-state index is 0. The minimum Gasteiger partial charge on any atom is -0.397 e. The monoisotopic (exact) mass is 313 g/mol.